The Hall–Kier alpha value is -3.23. The van der Waals surface area contributed by atoms with Crippen LogP contribution in [0.5, 0.6) is 5.75 Å². The Bertz CT molecular complexity index is 1220. The molecule has 0 aliphatic heterocycles. The minimum Gasteiger partial charge on any atom is -0.491 e. The minimum absolute atomic E-state index is 0.670. The van der Waals surface area contributed by atoms with Crippen molar-refractivity contribution in [2.24, 2.45) is 0 Å². The van der Waals surface area contributed by atoms with Crippen LogP contribution in [0.4, 0.5) is 0 Å². The molecule has 1 aromatic heterocycles. The van der Waals surface area contributed by atoms with E-state index in [1.54, 1.807) is 0 Å². The van der Waals surface area contributed by atoms with E-state index in [0.717, 1.165) is 52.1 Å². The van der Waals surface area contributed by atoms with Crippen molar-refractivity contribution in [3.8, 4) is 34.1 Å². The Balaban J connectivity index is 1.37. The Morgan fingerprint density at radius 2 is 1.29 bits per heavy atom. The quantitative estimate of drug-likeness (QED) is 0.195. The summed E-state index contributed by atoms with van der Waals surface area (Å²) in [6, 6.07) is 22.4. The fourth-order valence-corrected chi connectivity index (χ4v) is 4.76. The molecule has 174 valence electrons. The number of fused-ring (bicyclic) bond motifs is 1. The first kappa shape index (κ1) is 23.9. The summed E-state index contributed by atoms with van der Waals surface area (Å²) in [6.07, 6.45) is 10.3. The second-order valence-corrected chi connectivity index (χ2v) is 9.19. The summed E-state index contributed by atoms with van der Waals surface area (Å²) in [5, 5.41) is 9.00. The van der Waals surface area contributed by atoms with Gasteiger partial charge in [0.25, 0.3) is 0 Å². The van der Waals surface area contributed by atoms with Crippen molar-refractivity contribution >= 4 is 22.8 Å². The number of hydrogen-bond acceptors (Lipinski definition) is 5. The zero-order chi connectivity index (χ0) is 23.6. The summed E-state index contributed by atoms with van der Waals surface area (Å²) in [4.78, 5) is 0. The molecule has 4 rings (SSSR count). The van der Waals surface area contributed by atoms with Gasteiger partial charge in [-0.25, -0.2) is 0 Å². The molecular formula is C29H31N3OS. The zero-order valence-corrected chi connectivity index (χ0v) is 20.6. The first-order chi connectivity index (χ1) is 16.8. The van der Waals surface area contributed by atoms with Crippen molar-refractivity contribution in [2.45, 2.75) is 58.3 Å². The minimum atomic E-state index is 0.670. The molecule has 0 aliphatic rings. The van der Waals surface area contributed by atoms with E-state index >= 15 is 0 Å². The molecule has 0 amide bonds. The molecule has 0 atom stereocenters. The molecule has 4 aromatic rings. The number of aromatic nitrogens is 2. The molecule has 0 radical (unpaired) electrons. The van der Waals surface area contributed by atoms with Crippen LogP contribution >= 0.6 is 11.7 Å². The highest BCUT2D eigenvalue weighted by Crippen LogP contribution is 2.34. The maximum Gasteiger partial charge on any atom is 0.148 e. The van der Waals surface area contributed by atoms with Crippen molar-refractivity contribution < 1.29 is 4.74 Å². The van der Waals surface area contributed by atoms with E-state index in [2.05, 4.69) is 52.1 Å². The average Bonchev–Trinajstić information content (AvgIpc) is 3.38. The van der Waals surface area contributed by atoms with Crippen molar-refractivity contribution in [2.75, 3.05) is 6.61 Å². The lowest BCUT2D eigenvalue weighted by Gasteiger charge is -2.10. The van der Waals surface area contributed by atoms with Gasteiger partial charge in [-0.2, -0.15) is 14.0 Å². The van der Waals surface area contributed by atoms with E-state index in [1.807, 2.05) is 30.3 Å². The number of nitriles is 1. The third-order valence-electron chi connectivity index (χ3n) is 6.18. The lowest BCUT2D eigenvalue weighted by atomic mass is 9.99. The van der Waals surface area contributed by atoms with Gasteiger partial charge in [-0.1, -0.05) is 88.3 Å². The van der Waals surface area contributed by atoms with Crippen molar-refractivity contribution in [3.63, 3.8) is 0 Å². The Morgan fingerprint density at radius 1 is 0.706 bits per heavy atom. The van der Waals surface area contributed by atoms with Crippen LogP contribution < -0.4 is 4.74 Å². The van der Waals surface area contributed by atoms with E-state index in [-0.39, 0.29) is 0 Å². The molecule has 0 saturated carbocycles. The molecule has 0 saturated heterocycles. The topological polar surface area (TPSA) is 58.8 Å². The van der Waals surface area contributed by atoms with Gasteiger partial charge >= 0.3 is 0 Å². The smallest absolute Gasteiger partial charge is 0.148 e. The van der Waals surface area contributed by atoms with Gasteiger partial charge in [0.1, 0.15) is 16.8 Å². The van der Waals surface area contributed by atoms with Crippen LogP contribution in [0.2, 0.25) is 0 Å². The molecule has 0 unspecified atom stereocenters. The van der Waals surface area contributed by atoms with Crippen LogP contribution in [0.1, 0.15) is 63.9 Å². The van der Waals surface area contributed by atoms with Gasteiger partial charge in [0.15, 0.2) is 0 Å². The highest BCUT2D eigenvalue weighted by molar-refractivity contribution is 7.00. The molecule has 0 fully saturated rings. The Morgan fingerprint density at radius 3 is 1.97 bits per heavy atom. The number of hydrogen-bond donors (Lipinski definition) is 0. The van der Waals surface area contributed by atoms with Gasteiger partial charge in [-0.05, 0) is 47.4 Å². The molecule has 34 heavy (non-hydrogen) atoms. The number of benzene rings is 3. The molecule has 0 spiro atoms. The zero-order valence-electron chi connectivity index (χ0n) is 19.8. The fraction of sp³-hybridized carbons (Fsp3) is 0.345. The standard InChI is InChI=1S/C29H31N3OS/c1-2-3-4-5-6-7-8-9-20-33-27-19-18-26(28-29(27)32-34-31-28)25-16-14-24(15-17-25)23-12-10-22(21-30)11-13-23/h10-19H,2-9,20H2,1H3. The highest BCUT2D eigenvalue weighted by Gasteiger charge is 2.13. The van der Waals surface area contributed by atoms with Crippen LogP contribution in [-0.4, -0.2) is 15.4 Å². The van der Waals surface area contributed by atoms with Crippen LogP contribution in [0.3, 0.4) is 0 Å². The van der Waals surface area contributed by atoms with E-state index in [9.17, 15) is 0 Å². The second kappa shape index (κ2) is 12.3. The van der Waals surface area contributed by atoms with Crippen molar-refractivity contribution in [3.05, 3.63) is 66.2 Å². The largest absolute Gasteiger partial charge is 0.491 e. The number of nitrogens with zero attached hydrogens (tertiary/aromatic N) is 3. The van der Waals surface area contributed by atoms with Crippen LogP contribution in [0, 0.1) is 11.3 Å². The summed E-state index contributed by atoms with van der Waals surface area (Å²) in [5.74, 6) is 0.824. The normalized spacial score (nSPS) is 10.9. The van der Waals surface area contributed by atoms with Gasteiger partial charge in [-0.15, -0.1) is 0 Å². The van der Waals surface area contributed by atoms with Gasteiger partial charge in [0.05, 0.1) is 30.0 Å². The number of ether oxygens (including phenoxy) is 1. The van der Waals surface area contributed by atoms with Crippen LogP contribution in [-0.2, 0) is 0 Å². The number of rotatable bonds is 12. The molecule has 0 aliphatic carbocycles. The monoisotopic (exact) mass is 469 g/mol. The maximum absolute atomic E-state index is 9.00. The van der Waals surface area contributed by atoms with Gasteiger partial charge in [0, 0.05) is 5.56 Å². The lowest BCUT2D eigenvalue weighted by Crippen LogP contribution is -1.98. The second-order valence-electron chi connectivity index (χ2n) is 8.66. The SMILES string of the molecule is CCCCCCCCCCOc1ccc(-c2ccc(-c3ccc(C#N)cc3)cc2)c2nsnc12. The molecule has 0 bridgehead atoms. The van der Waals surface area contributed by atoms with E-state index < -0.39 is 0 Å². The van der Waals surface area contributed by atoms with Crippen molar-refractivity contribution in [1.29, 1.82) is 5.26 Å². The molecule has 0 N–H and O–H groups in total. The maximum atomic E-state index is 9.00. The molecule has 1 heterocycles. The van der Waals surface area contributed by atoms with E-state index in [0.29, 0.717) is 5.56 Å². The van der Waals surface area contributed by atoms with E-state index in [4.69, 9.17) is 10.00 Å². The predicted octanol–water partition coefficient (Wildman–Crippen LogP) is 8.42. The molecule has 4 nitrogen and oxygen atoms in total. The first-order valence-corrected chi connectivity index (χ1v) is 13.0. The molecular weight excluding hydrogens is 438 g/mol. The van der Waals surface area contributed by atoms with Crippen LogP contribution in [0.25, 0.3) is 33.3 Å². The molecule has 5 heteroatoms. The summed E-state index contributed by atoms with van der Waals surface area (Å²) >= 11 is 1.23. The lowest BCUT2D eigenvalue weighted by molar-refractivity contribution is 0.307. The average molecular weight is 470 g/mol. The summed E-state index contributed by atoms with van der Waals surface area (Å²) in [7, 11) is 0. The van der Waals surface area contributed by atoms with Crippen LogP contribution in [0.15, 0.2) is 60.7 Å². The third-order valence-corrected chi connectivity index (χ3v) is 6.71. The first-order valence-electron chi connectivity index (χ1n) is 12.3. The highest BCUT2D eigenvalue weighted by atomic mass is 32.1. The number of unbranched alkanes of at least 4 members (excludes halogenated alkanes) is 7. The summed E-state index contributed by atoms with van der Waals surface area (Å²) in [6.45, 7) is 2.98. The summed E-state index contributed by atoms with van der Waals surface area (Å²) < 4.78 is 15.2. The van der Waals surface area contributed by atoms with Crippen molar-refractivity contribution in [1.82, 2.24) is 8.75 Å². The van der Waals surface area contributed by atoms with E-state index in [1.165, 1.54) is 56.7 Å². The molecule has 3 aromatic carbocycles. The Labute approximate surface area is 206 Å². The summed E-state index contributed by atoms with van der Waals surface area (Å²) in [5.41, 5.74) is 6.78. The van der Waals surface area contributed by atoms with Gasteiger partial charge < -0.3 is 4.74 Å². The Kier molecular flexibility index (Phi) is 8.65. The van der Waals surface area contributed by atoms with Gasteiger partial charge in [-0.3, -0.25) is 0 Å². The fourth-order valence-electron chi connectivity index (χ4n) is 4.19. The predicted molar refractivity (Wildman–Crippen MR) is 141 cm³/mol. The third kappa shape index (κ3) is 6.01. The van der Waals surface area contributed by atoms with Gasteiger partial charge in [0.2, 0.25) is 0 Å².